The van der Waals surface area contributed by atoms with Gasteiger partial charge in [0.1, 0.15) is 6.54 Å². The molecule has 9 nitrogen and oxygen atoms in total. The van der Waals surface area contributed by atoms with E-state index in [-0.39, 0.29) is 24.4 Å². The van der Waals surface area contributed by atoms with Crippen molar-refractivity contribution in [1.82, 2.24) is 10.0 Å². The third kappa shape index (κ3) is 4.50. The molecule has 3 aromatic rings. The molecule has 0 bridgehead atoms. The lowest BCUT2D eigenvalue weighted by Crippen LogP contribution is -2.45. The third-order valence-corrected chi connectivity index (χ3v) is 8.53. The fourth-order valence-corrected chi connectivity index (χ4v) is 6.48. The molecule has 1 saturated heterocycles. The first-order valence-electron chi connectivity index (χ1n) is 14.0. The number of halogens is 1. The number of nitrogens with zero attached hydrogens (tertiary/aromatic N) is 6. The standard InChI is InChI=1S/C32H27ClN6O3/c33-23-14-16-24(17-15-23)38-31(41)28-30(32(38)42)37(36-34-28)19-26(40)39-29(21-10-5-2-6-11-21)25-13-7-12-22(27(25)35-39)18-20-8-3-1-4-9-20/h1-6,8-11,14-18,25,28-30H,7,12-13,19H2. The molecule has 42 heavy (non-hydrogen) atoms. The van der Waals surface area contributed by atoms with Crippen LogP contribution in [0.4, 0.5) is 5.69 Å². The van der Waals surface area contributed by atoms with E-state index in [1.54, 1.807) is 29.3 Å². The molecule has 10 heteroatoms. The molecule has 4 aliphatic rings. The highest BCUT2D eigenvalue weighted by atomic mass is 35.5. The molecule has 0 radical (unpaired) electrons. The Morgan fingerprint density at radius 3 is 2.36 bits per heavy atom. The largest absolute Gasteiger partial charge is 0.271 e. The number of hydrazone groups is 1. The van der Waals surface area contributed by atoms with E-state index in [0.29, 0.717) is 10.7 Å². The van der Waals surface area contributed by atoms with E-state index in [1.165, 1.54) is 5.01 Å². The second-order valence-corrected chi connectivity index (χ2v) is 11.3. The number of hydrogen-bond acceptors (Lipinski definition) is 7. The van der Waals surface area contributed by atoms with Crippen LogP contribution in [0.1, 0.15) is 36.4 Å². The molecule has 4 unspecified atom stereocenters. The predicted molar refractivity (Wildman–Crippen MR) is 158 cm³/mol. The Balaban J connectivity index is 1.18. The highest BCUT2D eigenvalue weighted by molar-refractivity contribution is 6.31. The number of fused-ring (bicyclic) bond motifs is 2. The molecule has 4 atom stereocenters. The summed E-state index contributed by atoms with van der Waals surface area (Å²) in [7, 11) is 0. The minimum Gasteiger partial charge on any atom is -0.271 e. The van der Waals surface area contributed by atoms with Crippen molar-refractivity contribution in [2.24, 2.45) is 21.4 Å². The Hall–Kier alpha value is -4.63. The zero-order chi connectivity index (χ0) is 28.8. The zero-order valence-electron chi connectivity index (χ0n) is 22.6. The Kier molecular flexibility index (Phi) is 6.66. The monoisotopic (exact) mass is 578 g/mol. The zero-order valence-corrected chi connectivity index (χ0v) is 23.3. The maximum atomic E-state index is 14.0. The van der Waals surface area contributed by atoms with E-state index in [0.717, 1.165) is 46.6 Å². The van der Waals surface area contributed by atoms with E-state index in [1.807, 2.05) is 48.5 Å². The molecule has 3 heterocycles. The molecule has 1 aliphatic carbocycles. The molecule has 210 valence electrons. The van der Waals surface area contributed by atoms with Gasteiger partial charge in [0.25, 0.3) is 17.7 Å². The summed E-state index contributed by atoms with van der Waals surface area (Å²) in [4.78, 5) is 41.7. The van der Waals surface area contributed by atoms with Gasteiger partial charge in [-0.15, -0.1) is 0 Å². The summed E-state index contributed by atoms with van der Waals surface area (Å²) in [6.45, 7) is -0.233. The van der Waals surface area contributed by atoms with Crippen molar-refractivity contribution in [2.45, 2.75) is 37.4 Å². The maximum absolute atomic E-state index is 14.0. The van der Waals surface area contributed by atoms with Crippen LogP contribution >= 0.6 is 11.6 Å². The van der Waals surface area contributed by atoms with Crippen molar-refractivity contribution in [2.75, 3.05) is 11.4 Å². The lowest BCUT2D eigenvalue weighted by Gasteiger charge is -2.30. The van der Waals surface area contributed by atoms with Crippen molar-refractivity contribution in [3.05, 3.63) is 107 Å². The van der Waals surface area contributed by atoms with Crippen LogP contribution in [0.15, 0.2) is 106 Å². The molecule has 0 spiro atoms. The van der Waals surface area contributed by atoms with E-state index in [2.05, 4.69) is 28.5 Å². The Morgan fingerprint density at radius 1 is 0.905 bits per heavy atom. The van der Waals surface area contributed by atoms with Crippen molar-refractivity contribution >= 4 is 46.8 Å². The van der Waals surface area contributed by atoms with Crippen molar-refractivity contribution < 1.29 is 14.4 Å². The van der Waals surface area contributed by atoms with Gasteiger partial charge in [-0.3, -0.25) is 19.4 Å². The van der Waals surface area contributed by atoms with Crippen LogP contribution < -0.4 is 4.90 Å². The summed E-state index contributed by atoms with van der Waals surface area (Å²) in [5.41, 5.74) is 4.55. The van der Waals surface area contributed by atoms with Gasteiger partial charge < -0.3 is 0 Å². The minimum absolute atomic E-state index is 0.0445. The summed E-state index contributed by atoms with van der Waals surface area (Å²) < 4.78 is 0. The van der Waals surface area contributed by atoms with Crippen LogP contribution in [0.3, 0.4) is 0 Å². The molecule has 1 saturated carbocycles. The normalized spacial score (nSPS) is 25.7. The van der Waals surface area contributed by atoms with E-state index in [4.69, 9.17) is 16.7 Å². The topological polar surface area (TPSA) is 98.0 Å². The van der Waals surface area contributed by atoms with E-state index in [9.17, 15) is 14.4 Å². The average molecular weight is 579 g/mol. The van der Waals surface area contributed by atoms with Gasteiger partial charge in [0.15, 0.2) is 12.1 Å². The lowest BCUT2D eigenvalue weighted by atomic mass is 9.77. The quantitative estimate of drug-likeness (QED) is 0.376. The van der Waals surface area contributed by atoms with Gasteiger partial charge in [0.2, 0.25) is 0 Å². The van der Waals surface area contributed by atoms with Gasteiger partial charge in [-0.1, -0.05) is 77.5 Å². The van der Waals surface area contributed by atoms with Gasteiger partial charge in [0.05, 0.1) is 17.4 Å². The number of rotatable bonds is 5. The Morgan fingerprint density at radius 2 is 1.62 bits per heavy atom. The van der Waals surface area contributed by atoms with Crippen LogP contribution in [0, 0.1) is 5.92 Å². The third-order valence-electron chi connectivity index (χ3n) is 8.28. The molecule has 0 aromatic heterocycles. The van der Waals surface area contributed by atoms with Crippen LogP contribution in [-0.2, 0) is 14.4 Å². The smallest absolute Gasteiger partial charge is 0.264 e. The van der Waals surface area contributed by atoms with Gasteiger partial charge in [0, 0.05) is 10.9 Å². The van der Waals surface area contributed by atoms with Gasteiger partial charge in [-0.2, -0.15) is 10.2 Å². The lowest BCUT2D eigenvalue weighted by molar-refractivity contribution is -0.136. The fraction of sp³-hybridized carbons (Fsp3) is 0.250. The number of anilines is 1. The fourth-order valence-electron chi connectivity index (χ4n) is 6.35. The summed E-state index contributed by atoms with van der Waals surface area (Å²) >= 11 is 5.99. The van der Waals surface area contributed by atoms with Crippen LogP contribution in [0.2, 0.25) is 5.02 Å². The molecule has 3 aromatic carbocycles. The number of hydrogen-bond donors (Lipinski definition) is 0. The summed E-state index contributed by atoms with van der Waals surface area (Å²) in [6.07, 6.45) is 4.95. The van der Waals surface area contributed by atoms with E-state index >= 15 is 0 Å². The number of carbonyl (C=O) groups is 3. The number of imide groups is 1. The predicted octanol–water partition coefficient (Wildman–Crippen LogP) is 5.46. The first kappa shape index (κ1) is 26.3. The average Bonchev–Trinajstić information content (AvgIpc) is 3.68. The number of benzene rings is 3. The second-order valence-electron chi connectivity index (χ2n) is 10.8. The molecule has 2 fully saturated rings. The first-order chi connectivity index (χ1) is 20.5. The van der Waals surface area contributed by atoms with Crippen LogP contribution in [0.5, 0.6) is 0 Å². The highest BCUT2D eigenvalue weighted by Gasteiger charge is 2.55. The van der Waals surface area contributed by atoms with Crippen molar-refractivity contribution in [3.63, 3.8) is 0 Å². The van der Waals surface area contributed by atoms with Gasteiger partial charge in [-0.05, 0) is 66.3 Å². The molecule has 0 N–H and O–H groups in total. The van der Waals surface area contributed by atoms with Crippen molar-refractivity contribution in [1.29, 1.82) is 0 Å². The molecule has 7 rings (SSSR count). The second kappa shape index (κ2) is 10.6. The first-order valence-corrected chi connectivity index (χ1v) is 14.4. The van der Waals surface area contributed by atoms with Crippen LogP contribution in [0.25, 0.3) is 6.08 Å². The molecule has 3 aliphatic heterocycles. The number of carbonyl (C=O) groups excluding carboxylic acids is 3. The molecule has 3 amide bonds. The summed E-state index contributed by atoms with van der Waals surface area (Å²) in [6, 6.07) is 24.2. The Bertz CT molecular complexity index is 1640. The maximum Gasteiger partial charge on any atom is 0.264 e. The molecular formula is C32H27ClN6O3. The van der Waals surface area contributed by atoms with Crippen LogP contribution in [-0.4, -0.2) is 52.1 Å². The van der Waals surface area contributed by atoms with E-state index < -0.39 is 23.9 Å². The Labute approximate surface area is 247 Å². The number of amides is 3. The molecular weight excluding hydrogens is 552 g/mol. The van der Waals surface area contributed by atoms with Gasteiger partial charge >= 0.3 is 0 Å². The van der Waals surface area contributed by atoms with Gasteiger partial charge in [-0.25, -0.2) is 9.91 Å². The number of allylic oxidation sites excluding steroid dienone is 1. The SMILES string of the molecule is O=C1C2N=NN(CC(=O)N3N=C4C(=Cc5ccccc5)CCCC4C3c3ccccc3)C2C(=O)N1c1ccc(Cl)cc1. The summed E-state index contributed by atoms with van der Waals surface area (Å²) in [5.74, 6) is -1.21. The highest BCUT2D eigenvalue weighted by Crippen LogP contribution is 2.44. The van der Waals surface area contributed by atoms with Crippen molar-refractivity contribution in [3.8, 4) is 0 Å². The minimum atomic E-state index is -1.00. The summed E-state index contributed by atoms with van der Waals surface area (Å²) in [5, 5.41) is 16.5.